The van der Waals surface area contributed by atoms with Crippen molar-refractivity contribution in [3.05, 3.63) is 17.8 Å². The minimum atomic E-state index is 0.380. The van der Waals surface area contributed by atoms with Crippen LogP contribution in [-0.4, -0.2) is 48.0 Å². The third kappa shape index (κ3) is 2.72. The largest absolute Gasteiger partial charge is 0.480 e. The molecule has 2 aliphatic rings. The van der Waals surface area contributed by atoms with E-state index < -0.39 is 0 Å². The molecule has 5 nitrogen and oxygen atoms in total. The third-order valence-corrected chi connectivity index (χ3v) is 5.49. The van der Waals surface area contributed by atoms with Crippen molar-refractivity contribution in [1.29, 1.82) is 0 Å². The average molecular weight is 305 g/mol. The maximum Gasteiger partial charge on any atom is 0.233 e. The average Bonchev–Trinajstić information content (AvgIpc) is 3.04. The van der Waals surface area contributed by atoms with Crippen molar-refractivity contribution < 1.29 is 9.47 Å². The fourth-order valence-electron chi connectivity index (χ4n) is 4.38. The summed E-state index contributed by atoms with van der Waals surface area (Å²) in [6.45, 7) is 3.77. The lowest BCUT2D eigenvalue weighted by atomic mass is 9.60. The Balaban J connectivity index is 1.65. The summed E-state index contributed by atoms with van der Waals surface area (Å²) in [6.07, 6.45) is 6.90. The van der Waals surface area contributed by atoms with Gasteiger partial charge >= 0.3 is 0 Å². The normalized spacial score (nSPS) is 26.4. The highest BCUT2D eigenvalue weighted by molar-refractivity contribution is 5.14. The van der Waals surface area contributed by atoms with E-state index in [1.54, 1.807) is 7.11 Å². The van der Waals surface area contributed by atoms with Gasteiger partial charge in [0.05, 0.1) is 18.9 Å². The Morgan fingerprint density at radius 1 is 1.27 bits per heavy atom. The second-order valence-electron chi connectivity index (χ2n) is 6.62. The molecule has 122 valence electrons. The van der Waals surface area contributed by atoms with Crippen LogP contribution in [-0.2, 0) is 11.3 Å². The predicted octanol–water partition coefficient (Wildman–Crippen LogP) is 2.65. The molecular weight excluding hydrogens is 278 g/mol. The molecule has 3 rings (SSSR count). The topological polar surface area (TPSA) is 47.5 Å². The molecule has 5 heteroatoms. The molecule has 0 radical (unpaired) electrons. The molecule has 0 bridgehead atoms. The van der Waals surface area contributed by atoms with Gasteiger partial charge in [0.25, 0.3) is 0 Å². The van der Waals surface area contributed by atoms with E-state index in [4.69, 9.17) is 9.47 Å². The summed E-state index contributed by atoms with van der Waals surface area (Å²) in [5.74, 6) is 0.568. The highest BCUT2D eigenvalue weighted by atomic mass is 16.5. The van der Waals surface area contributed by atoms with Gasteiger partial charge in [-0.3, -0.25) is 4.90 Å². The number of ether oxygens (including phenoxy) is 2. The fourth-order valence-corrected chi connectivity index (χ4v) is 4.38. The van der Waals surface area contributed by atoms with E-state index in [1.165, 1.54) is 25.7 Å². The van der Waals surface area contributed by atoms with E-state index in [9.17, 15) is 0 Å². The summed E-state index contributed by atoms with van der Waals surface area (Å²) in [7, 11) is 3.82. The Bertz CT molecular complexity index is 485. The molecular formula is C17H27N3O2. The molecule has 0 amide bonds. The second kappa shape index (κ2) is 6.50. The van der Waals surface area contributed by atoms with Crippen molar-refractivity contribution in [3.63, 3.8) is 0 Å². The van der Waals surface area contributed by atoms with Crippen molar-refractivity contribution in [2.75, 3.05) is 20.8 Å². The van der Waals surface area contributed by atoms with Gasteiger partial charge in [0.15, 0.2) is 0 Å². The smallest absolute Gasteiger partial charge is 0.233 e. The molecule has 22 heavy (non-hydrogen) atoms. The molecule has 0 N–H and O–H groups in total. The molecule has 1 aromatic rings. The van der Waals surface area contributed by atoms with Gasteiger partial charge in [-0.05, 0) is 39.3 Å². The Kier molecular flexibility index (Phi) is 4.64. The predicted molar refractivity (Wildman–Crippen MR) is 84.8 cm³/mol. The summed E-state index contributed by atoms with van der Waals surface area (Å²) in [4.78, 5) is 2.44. The zero-order valence-corrected chi connectivity index (χ0v) is 13.9. The zero-order chi connectivity index (χ0) is 15.6. The molecule has 0 aromatic carbocycles. The Labute approximate surface area is 133 Å². The molecule has 1 spiro atoms. The number of aromatic nitrogens is 2. The number of hydrogen-bond acceptors (Lipinski definition) is 5. The van der Waals surface area contributed by atoms with Crippen LogP contribution >= 0.6 is 0 Å². The highest BCUT2D eigenvalue weighted by Gasteiger charge is 2.57. The molecule has 2 saturated carbocycles. The molecule has 1 aromatic heterocycles. The van der Waals surface area contributed by atoms with Gasteiger partial charge in [-0.1, -0.05) is 12.8 Å². The SMILES string of the molecule is CCO[C@@H]1C[C@H](N(C)Cc2ccc(OC)nn2)C12CCCC2. The van der Waals surface area contributed by atoms with Gasteiger partial charge < -0.3 is 9.47 Å². The second-order valence-corrected chi connectivity index (χ2v) is 6.62. The number of hydrogen-bond donors (Lipinski definition) is 0. The number of methoxy groups -OCH3 is 1. The van der Waals surface area contributed by atoms with Crippen LogP contribution in [0.2, 0.25) is 0 Å². The summed E-state index contributed by atoms with van der Waals surface area (Å²) < 4.78 is 11.1. The molecule has 2 aliphatic carbocycles. The van der Waals surface area contributed by atoms with Gasteiger partial charge in [0, 0.05) is 30.7 Å². The van der Waals surface area contributed by atoms with Crippen molar-refractivity contribution in [3.8, 4) is 5.88 Å². The van der Waals surface area contributed by atoms with E-state index >= 15 is 0 Å². The van der Waals surface area contributed by atoms with Crippen LogP contribution in [0.3, 0.4) is 0 Å². The number of rotatable bonds is 6. The van der Waals surface area contributed by atoms with E-state index in [0.717, 1.165) is 25.3 Å². The summed E-state index contributed by atoms with van der Waals surface area (Å²) in [5, 5.41) is 8.32. The highest BCUT2D eigenvalue weighted by Crippen LogP contribution is 2.56. The first-order chi connectivity index (χ1) is 10.7. The lowest BCUT2D eigenvalue weighted by molar-refractivity contribution is -0.162. The summed E-state index contributed by atoms with van der Waals surface area (Å²) >= 11 is 0. The maximum absolute atomic E-state index is 6.01. The first kappa shape index (κ1) is 15.7. The van der Waals surface area contributed by atoms with Crippen molar-refractivity contribution in [2.24, 2.45) is 5.41 Å². The minimum Gasteiger partial charge on any atom is -0.480 e. The van der Waals surface area contributed by atoms with Gasteiger partial charge in [-0.2, -0.15) is 5.10 Å². The van der Waals surface area contributed by atoms with Gasteiger partial charge in [0.2, 0.25) is 5.88 Å². The van der Waals surface area contributed by atoms with Crippen molar-refractivity contribution >= 4 is 0 Å². The van der Waals surface area contributed by atoms with Crippen LogP contribution in [0.25, 0.3) is 0 Å². The Morgan fingerprint density at radius 3 is 2.64 bits per heavy atom. The Hall–Kier alpha value is -1.20. The quantitative estimate of drug-likeness (QED) is 0.808. The van der Waals surface area contributed by atoms with E-state index in [0.29, 0.717) is 23.4 Å². The zero-order valence-electron chi connectivity index (χ0n) is 13.9. The Morgan fingerprint density at radius 2 is 2.05 bits per heavy atom. The lowest BCUT2D eigenvalue weighted by Crippen LogP contribution is -2.62. The molecule has 0 aliphatic heterocycles. The first-order valence-electron chi connectivity index (χ1n) is 8.38. The summed E-state index contributed by atoms with van der Waals surface area (Å²) in [6, 6.07) is 4.49. The van der Waals surface area contributed by atoms with E-state index in [2.05, 4.69) is 29.1 Å². The van der Waals surface area contributed by atoms with Gasteiger partial charge in [-0.15, -0.1) is 5.10 Å². The first-order valence-corrected chi connectivity index (χ1v) is 8.38. The molecule has 2 atom stereocenters. The van der Waals surface area contributed by atoms with Crippen LogP contribution in [0.4, 0.5) is 0 Å². The van der Waals surface area contributed by atoms with Crippen LogP contribution in [0.15, 0.2) is 12.1 Å². The maximum atomic E-state index is 6.01. The van der Waals surface area contributed by atoms with Crippen LogP contribution in [0.5, 0.6) is 5.88 Å². The molecule has 2 fully saturated rings. The van der Waals surface area contributed by atoms with Crippen LogP contribution in [0, 0.1) is 5.41 Å². The molecule has 1 heterocycles. The van der Waals surface area contributed by atoms with E-state index in [1.807, 2.05) is 12.1 Å². The number of nitrogens with zero attached hydrogens (tertiary/aromatic N) is 3. The third-order valence-electron chi connectivity index (χ3n) is 5.49. The fraction of sp³-hybridized carbons (Fsp3) is 0.765. The minimum absolute atomic E-state index is 0.380. The van der Waals surface area contributed by atoms with Crippen molar-refractivity contribution in [2.45, 2.75) is 57.7 Å². The van der Waals surface area contributed by atoms with Gasteiger partial charge in [-0.25, -0.2) is 0 Å². The lowest BCUT2D eigenvalue weighted by Gasteiger charge is -2.57. The van der Waals surface area contributed by atoms with Gasteiger partial charge in [0.1, 0.15) is 0 Å². The summed E-state index contributed by atoms with van der Waals surface area (Å²) in [5.41, 5.74) is 1.38. The van der Waals surface area contributed by atoms with Crippen LogP contribution < -0.4 is 4.74 Å². The standard InChI is InChI=1S/C17H27N3O2/c1-4-22-15-11-14(17(15)9-5-6-10-17)20(2)12-13-7-8-16(21-3)19-18-13/h7-8,14-15H,4-6,9-12H2,1-3H3/t14-,15+/m0/s1. The molecule has 0 saturated heterocycles. The van der Waals surface area contributed by atoms with E-state index in [-0.39, 0.29) is 0 Å². The van der Waals surface area contributed by atoms with Crippen molar-refractivity contribution in [1.82, 2.24) is 15.1 Å². The molecule has 0 unspecified atom stereocenters. The van der Waals surface area contributed by atoms with Crippen LogP contribution in [0.1, 0.15) is 44.7 Å². The monoisotopic (exact) mass is 305 g/mol.